The Balaban J connectivity index is 0.00000122. The fourth-order valence-electron chi connectivity index (χ4n) is 1.77. The second-order valence-corrected chi connectivity index (χ2v) is 6.93. The molecule has 0 aromatic rings. The van der Waals surface area contributed by atoms with Gasteiger partial charge in [0.15, 0.2) is 5.34 Å². The minimum atomic E-state index is -2.47. The van der Waals surface area contributed by atoms with Crippen LogP contribution >= 0.6 is 0 Å². The summed E-state index contributed by atoms with van der Waals surface area (Å²) < 4.78 is 27.9. The van der Waals surface area contributed by atoms with Crippen LogP contribution in [0.15, 0.2) is 5.34 Å². The summed E-state index contributed by atoms with van der Waals surface area (Å²) in [6, 6.07) is 0.814. The third kappa shape index (κ3) is 10.7. The summed E-state index contributed by atoms with van der Waals surface area (Å²) in [5.74, 6) is 0. The Labute approximate surface area is 127 Å². The van der Waals surface area contributed by atoms with E-state index in [1.165, 1.54) is 5.34 Å². The van der Waals surface area contributed by atoms with Gasteiger partial charge in [0.2, 0.25) is 0 Å². The minimum Gasteiger partial charge on any atom is -0.379 e. The fourth-order valence-corrected chi connectivity index (χ4v) is 4.35. The topological polar surface area (TPSA) is 99.1 Å². The second kappa shape index (κ2) is 13.1. The first-order chi connectivity index (χ1) is 10.2. The van der Waals surface area contributed by atoms with Gasteiger partial charge in [-0.15, -0.1) is 4.91 Å². The van der Waals surface area contributed by atoms with E-state index in [1.54, 1.807) is 0 Å². The van der Waals surface area contributed by atoms with Crippen molar-refractivity contribution in [2.75, 3.05) is 39.6 Å². The van der Waals surface area contributed by atoms with Crippen molar-refractivity contribution in [3.63, 3.8) is 0 Å². The third-order valence-corrected chi connectivity index (χ3v) is 5.72. The van der Waals surface area contributed by atoms with Crippen LogP contribution in [0.3, 0.4) is 0 Å². The largest absolute Gasteiger partial charge is 0.501 e. The molecule has 0 radical (unpaired) electrons. The number of hydrogen-bond acceptors (Lipinski definition) is 7. The molecule has 1 atom stereocenters. The van der Waals surface area contributed by atoms with Crippen LogP contribution in [0.4, 0.5) is 0 Å². The molecule has 0 aromatic heterocycles. The van der Waals surface area contributed by atoms with Crippen molar-refractivity contribution < 1.29 is 28.0 Å². The maximum atomic E-state index is 8.11. The Hall–Kier alpha value is -0.583. The molecule has 1 aliphatic rings. The summed E-state index contributed by atoms with van der Waals surface area (Å²) in [5.41, 5.74) is 0. The highest BCUT2D eigenvalue weighted by molar-refractivity contribution is 6.60. The molecule has 0 aromatic carbocycles. The Morgan fingerprint density at radius 2 is 1.67 bits per heavy atom. The lowest BCUT2D eigenvalue weighted by Gasteiger charge is -2.28. The highest BCUT2D eigenvalue weighted by Gasteiger charge is 2.39. The number of nitrogens with zero attached hydrogens (tertiary/aromatic N) is 1. The average molecular weight is 325 g/mol. The number of ether oxygens (including phenoxy) is 2. The quantitative estimate of drug-likeness (QED) is 0.192. The average Bonchev–Trinajstić information content (AvgIpc) is 3.24. The number of rotatable bonds is 12. The maximum absolute atomic E-state index is 8.11. The van der Waals surface area contributed by atoms with Crippen molar-refractivity contribution in [3.05, 3.63) is 4.91 Å². The molecular formula is C12H27NO7Si. The predicted octanol–water partition coefficient (Wildman–Crippen LogP) is 1.98. The smallest absolute Gasteiger partial charge is 0.379 e. The zero-order chi connectivity index (χ0) is 16.0. The first-order valence-corrected chi connectivity index (χ1v) is 9.19. The normalized spacial score (nSPS) is 17.0. The van der Waals surface area contributed by atoms with Gasteiger partial charge in [-0.3, -0.25) is 0 Å². The van der Waals surface area contributed by atoms with Crippen molar-refractivity contribution in [1.29, 1.82) is 0 Å². The van der Waals surface area contributed by atoms with Crippen LogP contribution in [-0.4, -0.2) is 59.8 Å². The van der Waals surface area contributed by atoms with Gasteiger partial charge in [-0.25, -0.2) is 0 Å². The van der Waals surface area contributed by atoms with E-state index in [0.29, 0.717) is 39.1 Å². The molecule has 0 spiro atoms. The van der Waals surface area contributed by atoms with E-state index < -0.39 is 8.80 Å². The van der Waals surface area contributed by atoms with Gasteiger partial charge in [-0.2, -0.15) is 0 Å². The van der Waals surface area contributed by atoms with E-state index >= 15 is 0 Å². The standard InChI is InChI=1S/C12H26O5Si.HNO2/c1-4-15-18(16-5-2,17-6-3)9-7-8-13-10-12-11-14-12;2-1-3/h12H,4-11H2,1-3H3;(H,2,3). The zero-order valence-electron chi connectivity index (χ0n) is 13.1. The monoisotopic (exact) mass is 325 g/mol. The van der Waals surface area contributed by atoms with Crippen LogP contribution in [0.5, 0.6) is 0 Å². The first kappa shape index (κ1) is 20.4. The Morgan fingerprint density at radius 3 is 2.05 bits per heavy atom. The molecule has 0 amide bonds. The SMILES string of the molecule is CCO[Si](CCCOCC1CO1)(OCC)OCC.O=NO. The third-order valence-electron chi connectivity index (χ3n) is 2.57. The van der Waals surface area contributed by atoms with Crippen LogP contribution in [0.25, 0.3) is 0 Å². The van der Waals surface area contributed by atoms with Crippen molar-refractivity contribution in [2.24, 2.45) is 5.34 Å². The summed E-state index contributed by atoms with van der Waals surface area (Å²) in [6.45, 7) is 10.1. The van der Waals surface area contributed by atoms with Crippen molar-refractivity contribution in [1.82, 2.24) is 0 Å². The summed E-state index contributed by atoms with van der Waals surface area (Å²) in [7, 11) is -2.47. The number of hydrogen-bond donors (Lipinski definition) is 1. The van der Waals surface area contributed by atoms with E-state index in [1.807, 2.05) is 20.8 Å². The van der Waals surface area contributed by atoms with Gasteiger partial charge in [0, 0.05) is 32.5 Å². The van der Waals surface area contributed by atoms with Crippen molar-refractivity contribution in [3.8, 4) is 0 Å². The molecule has 0 aliphatic carbocycles. The molecule has 0 saturated carbocycles. The molecule has 9 heteroatoms. The van der Waals surface area contributed by atoms with E-state index in [9.17, 15) is 0 Å². The van der Waals surface area contributed by atoms with E-state index in [0.717, 1.165) is 19.1 Å². The number of epoxide rings is 1. The van der Waals surface area contributed by atoms with Gasteiger partial charge < -0.3 is 28.0 Å². The predicted molar refractivity (Wildman–Crippen MR) is 78.2 cm³/mol. The summed E-state index contributed by atoms with van der Waals surface area (Å²) >= 11 is 0. The molecule has 0 bridgehead atoms. The van der Waals surface area contributed by atoms with Gasteiger partial charge >= 0.3 is 8.80 Å². The lowest BCUT2D eigenvalue weighted by atomic mass is 10.5. The lowest BCUT2D eigenvalue weighted by molar-refractivity contribution is 0.0648. The minimum absolute atomic E-state index is 0.331. The fraction of sp³-hybridized carbons (Fsp3) is 1.00. The van der Waals surface area contributed by atoms with Crippen LogP contribution < -0.4 is 0 Å². The molecule has 1 rings (SSSR count). The van der Waals surface area contributed by atoms with Gasteiger partial charge in [-0.1, -0.05) is 0 Å². The van der Waals surface area contributed by atoms with E-state index in [4.69, 9.17) is 32.9 Å². The highest BCUT2D eigenvalue weighted by atomic mass is 28.4. The second-order valence-electron chi connectivity index (χ2n) is 4.20. The molecule has 21 heavy (non-hydrogen) atoms. The van der Waals surface area contributed by atoms with Crippen LogP contribution in [0.2, 0.25) is 6.04 Å². The van der Waals surface area contributed by atoms with Gasteiger partial charge in [-0.05, 0) is 27.2 Å². The molecule has 1 aliphatic heterocycles. The summed E-state index contributed by atoms with van der Waals surface area (Å²) in [6.07, 6.45) is 1.23. The molecule has 1 unspecified atom stereocenters. The van der Waals surface area contributed by atoms with Crippen LogP contribution in [-0.2, 0) is 22.8 Å². The molecule has 126 valence electrons. The first-order valence-electron chi connectivity index (χ1n) is 7.25. The van der Waals surface area contributed by atoms with Crippen molar-refractivity contribution in [2.45, 2.75) is 39.3 Å². The van der Waals surface area contributed by atoms with E-state index in [-0.39, 0.29) is 0 Å². The van der Waals surface area contributed by atoms with Crippen LogP contribution in [0.1, 0.15) is 27.2 Å². The van der Waals surface area contributed by atoms with Gasteiger partial charge in [0.1, 0.15) is 6.10 Å². The summed E-state index contributed by atoms with van der Waals surface area (Å²) in [4.78, 5) is 8.11. The molecular weight excluding hydrogens is 298 g/mol. The summed E-state index contributed by atoms with van der Waals surface area (Å²) in [5, 5.41) is 7.89. The van der Waals surface area contributed by atoms with Crippen molar-refractivity contribution >= 4 is 8.80 Å². The highest BCUT2D eigenvalue weighted by Crippen LogP contribution is 2.18. The Morgan fingerprint density at radius 1 is 1.19 bits per heavy atom. The Bertz CT molecular complexity index is 237. The van der Waals surface area contributed by atoms with Gasteiger partial charge in [0.05, 0.1) is 13.2 Å². The zero-order valence-corrected chi connectivity index (χ0v) is 14.1. The molecule has 1 N–H and O–H groups in total. The molecule has 8 nitrogen and oxygen atoms in total. The maximum Gasteiger partial charge on any atom is 0.501 e. The van der Waals surface area contributed by atoms with E-state index in [2.05, 4.69) is 0 Å². The van der Waals surface area contributed by atoms with Crippen LogP contribution in [0, 0.1) is 4.91 Å². The molecule has 1 saturated heterocycles. The Kier molecular flexibility index (Phi) is 12.7. The van der Waals surface area contributed by atoms with Gasteiger partial charge in [0.25, 0.3) is 0 Å². The lowest BCUT2D eigenvalue weighted by Crippen LogP contribution is -2.46. The molecule has 1 heterocycles. The molecule has 1 fully saturated rings.